The summed E-state index contributed by atoms with van der Waals surface area (Å²) in [5.74, 6) is 5.64. The fourth-order valence-electron chi connectivity index (χ4n) is 2.92. The van der Waals surface area contributed by atoms with Gasteiger partial charge in [-0.15, -0.1) is 0 Å². The molecule has 0 saturated heterocycles. The summed E-state index contributed by atoms with van der Waals surface area (Å²) in [6.07, 6.45) is 4.71. The van der Waals surface area contributed by atoms with Crippen molar-refractivity contribution in [1.82, 2.24) is 5.32 Å². The Balaban J connectivity index is 2.17. The number of hydrogen-bond acceptors (Lipinski definition) is 3. The van der Waals surface area contributed by atoms with E-state index in [0.717, 1.165) is 25.7 Å². The van der Waals surface area contributed by atoms with Gasteiger partial charge in [-0.1, -0.05) is 37.6 Å². The van der Waals surface area contributed by atoms with Crippen molar-refractivity contribution in [3.63, 3.8) is 0 Å². The maximum Gasteiger partial charge on any atom is 0.251 e. The minimum Gasteiger partial charge on any atom is -0.416 e. The van der Waals surface area contributed by atoms with E-state index in [1.807, 2.05) is 13.0 Å². The summed E-state index contributed by atoms with van der Waals surface area (Å²) in [6, 6.07) is 8.41. The average Bonchev–Trinajstić information content (AvgIpc) is 2.52. The van der Waals surface area contributed by atoms with Crippen molar-refractivity contribution >= 4 is 5.91 Å². The second-order valence-corrected chi connectivity index (χ2v) is 5.52. The van der Waals surface area contributed by atoms with Crippen molar-refractivity contribution in [3.8, 4) is 0 Å². The molecule has 0 aliphatic heterocycles. The largest absolute Gasteiger partial charge is 0.416 e. The smallest absolute Gasteiger partial charge is 0.251 e. The van der Waals surface area contributed by atoms with Crippen LogP contribution in [0.15, 0.2) is 35.6 Å². The van der Waals surface area contributed by atoms with E-state index in [4.69, 9.17) is 10.7 Å². The van der Waals surface area contributed by atoms with Gasteiger partial charge < -0.3 is 10.2 Å². The van der Waals surface area contributed by atoms with Crippen LogP contribution in [0, 0.1) is 0 Å². The van der Waals surface area contributed by atoms with Gasteiger partial charge in [-0.05, 0) is 43.7 Å². The number of nitrogens with two attached hydrogens (primary N) is 1. The number of amides is 1. The Kier molecular flexibility index (Phi) is 5.39. The van der Waals surface area contributed by atoms with E-state index in [-0.39, 0.29) is 11.9 Å². The number of aryl methyl sites for hydroxylation is 1. The third kappa shape index (κ3) is 3.64. The Morgan fingerprint density at radius 2 is 2.19 bits per heavy atom. The highest BCUT2D eigenvalue weighted by Gasteiger charge is 2.23. The fraction of sp³-hybridized carbons (Fsp3) is 0.471. The molecule has 0 aromatic heterocycles. The maximum absolute atomic E-state index is 12.5. The van der Waals surface area contributed by atoms with Gasteiger partial charge in [0.15, 0.2) is 0 Å². The Bertz CT molecular complexity index is 537. The molecule has 0 unspecified atom stereocenters. The van der Waals surface area contributed by atoms with Gasteiger partial charge in [-0.25, -0.2) is 0 Å². The molecule has 3 N–H and O–H groups in total. The second-order valence-electron chi connectivity index (χ2n) is 5.52. The first kappa shape index (κ1) is 15.6. The minimum absolute atomic E-state index is 0.0681. The molecule has 1 aromatic carbocycles. The number of fused-ring (bicyclic) bond motifs is 1. The lowest BCUT2D eigenvalue weighted by Gasteiger charge is -2.27. The van der Waals surface area contributed by atoms with Crippen LogP contribution in [0.25, 0.3) is 0 Å². The summed E-state index contributed by atoms with van der Waals surface area (Å²) in [7, 11) is 0. The van der Waals surface area contributed by atoms with Crippen LogP contribution in [-0.4, -0.2) is 5.91 Å². The maximum atomic E-state index is 12.5. The average molecular weight is 288 g/mol. The summed E-state index contributed by atoms with van der Waals surface area (Å²) in [4.78, 5) is 17.3. The van der Waals surface area contributed by atoms with Gasteiger partial charge in [0.25, 0.3) is 5.91 Å². The van der Waals surface area contributed by atoms with E-state index in [9.17, 15) is 4.79 Å². The third-order valence-corrected chi connectivity index (χ3v) is 4.05. The van der Waals surface area contributed by atoms with Crippen LogP contribution in [0.1, 0.15) is 56.7 Å². The molecule has 1 aliphatic rings. The molecule has 1 amide bonds. The Morgan fingerprint density at radius 1 is 1.43 bits per heavy atom. The number of allylic oxidation sites excluding steroid dienone is 1. The predicted octanol–water partition coefficient (Wildman–Crippen LogP) is 3.14. The van der Waals surface area contributed by atoms with Crippen molar-refractivity contribution in [2.24, 2.45) is 5.90 Å². The van der Waals surface area contributed by atoms with Gasteiger partial charge in [0.05, 0.1) is 11.6 Å². The topological polar surface area (TPSA) is 64.3 Å². The van der Waals surface area contributed by atoms with Gasteiger partial charge in [-0.3, -0.25) is 4.79 Å². The molecular formula is C17H24N2O2. The summed E-state index contributed by atoms with van der Waals surface area (Å²) in [5, 5.41) is 3.14. The standard InChI is InChI=1S/C17H24N2O2/c1-3-7-14(12(2)21-18)17(20)19-16-11-6-9-13-8-4-5-10-15(13)16/h4-5,8,10,16H,3,6-7,9,11,18H2,1-2H3,(H,19,20)/b14-12+/t16-/m1/s1. The predicted molar refractivity (Wildman–Crippen MR) is 83.1 cm³/mol. The molecule has 21 heavy (non-hydrogen) atoms. The van der Waals surface area contributed by atoms with E-state index in [2.05, 4.69) is 23.5 Å². The zero-order valence-corrected chi connectivity index (χ0v) is 12.8. The van der Waals surface area contributed by atoms with E-state index in [1.54, 1.807) is 6.92 Å². The number of carbonyl (C=O) groups is 1. The molecule has 0 spiro atoms. The van der Waals surface area contributed by atoms with Crippen molar-refractivity contribution in [1.29, 1.82) is 0 Å². The summed E-state index contributed by atoms with van der Waals surface area (Å²) >= 11 is 0. The number of nitrogens with one attached hydrogen (secondary N) is 1. The highest BCUT2D eigenvalue weighted by Crippen LogP contribution is 2.30. The number of benzene rings is 1. The molecule has 0 fully saturated rings. The van der Waals surface area contributed by atoms with Crippen LogP contribution in [0.2, 0.25) is 0 Å². The molecule has 4 nitrogen and oxygen atoms in total. The first-order valence-corrected chi connectivity index (χ1v) is 7.62. The molecular weight excluding hydrogens is 264 g/mol. The van der Waals surface area contributed by atoms with E-state index < -0.39 is 0 Å². The SMILES string of the molecule is CCC/C(C(=O)N[C@@H]1CCCc2ccccc21)=C(/C)ON. The molecule has 4 heteroatoms. The molecule has 1 atom stereocenters. The van der Waals surface area contributed by atoms with Crippen LogP contribution in [0.4, 0.5) is 0 Å². The molecule has 1 aliphatic carbocycles. The van der Waals surface area contributed by atoms with Crippen LogP contribution in [-0.2, 0) is 16.1 Å². The molecule has 0 saturated carbocycles. The summed E-state index contributed by atoms with van der Waals surface area (Å²) in [5.41, 5.74) is 3.21. The van der Waals surface area contributed by atoms with E-state index >= 15 is 0 Å². The van der Waals surface area contributed by atoms with Gasteiger partial charge >= 0.3 is 0 Å². The number of carbonyl (C=O) groups excluding carboxylic acids is 1. The normalized spacial score (nSPS) is 18.5. The van der Waals surface area contributed by atoms with Crippen LogP contribution >= 0.6 is 0 Å². The van der Waals surface area contributed by atoms with Crippen molar-refractivity contribution < 1.29 is 9.63 Å². The van der Waals surface area contributed by atoms with Gasteiger partial charge in [-0.2, -0.15) is 5.90 Å². The second kappa shape index (κ2) is 7.27. The lowest BCUT2D eigenvalue weighted by atomic mass is 9.87. The Morgan fingerprint density at radius 3 is 2.90 bits per heavy atom. The molecule has 0 radical (unpaired) electrons. The third-order valence-electron chi connectivity index (χ3n) is 4.05. The number of rotatable bonds is 5. The lowest BCUT2D eigenvalue weighted by molar-refractivity contribution is -0.118. The Hall–Kier alpha value is -1.81. The molecule has 0 bridgehead atoms. The summed E-state index contributed by atoms with van der Waals surface area (Å²) < 4.78 is 0. The highest BCUT2D eigenvalue weighted by atomic mass is 16.6. The van der Waals surface area contributed by atoms with Gasteiger partial charge in [0.2, 0.25) is 0 Å². The first-order chi connectivity index (χ1) is 10.2. The molecule has 2 rings (SSSR count). The van der Waals surface area contributed by atoms with Gasteiger partial charge in [0.1, 0.15) is 5.76 Å². The minimum atomic E-state index is -0.0681. The summed E-state index contributed by atoms with van der Waals surface area (Å²) in [6.45, 7) is 3.77. The fourth-order valence-corrected chi connectivity index (χ4v) is 2.92. The molecule has 114 valence electrons. The first-order valence-electron chi connectivity index (χ1n) is 7.62. The Labute approximate surface area is 126 Å². The van der Waals surface area contributed by atoms with Crippen molar-refractivity contribution in [2.45, 2.75) is 52.0 Å². The highest BCUT2D eigenvalue weighted by molar-refractivity contribution is 5.94. The van der Waals surface area contributed by atoms with Crippen LogP contribution in [0.5, 0.6) is 0 Å². The van der Waals surface area contributed by atoms with Crippen molar-refractivity contribution in [2.75, 3.05) is 0 Å². The number of hydrogen-bond donors (Lipinski definition) is 2. The molecule has 0 heterocycles. The van der Waals surface area contributed by atoms with E-state index in [0.29, 0.717) is 17.8 Å². The van der Waals surface area contributed by atoms with Crippen LogP contribution < -0.4 is 11.2 Å². The quantitative estimate of drug-likeness (QED) is 0.497. The monoisotopic (exact) mass is 288 g/mol. The van der Waals surface area contributed by atoms with Crippen molar-refractivity contribution in [3.05, 3.63) is 46.7 Å². The molecule has 1 aromatic rings. The van der Waals surface area contributed by atoms with Gasteiger partial charge in [0, 0.05) is 0 Å². The zero-order chi connectivity index (χ0) is 15.2. The van der Waals surface area contributed by atoms with Crippen LogP contribution in [0.3, 0.4) is 0 Å². The lowest BCUT2D eigenvalue weighted by Crippen LogP contribution is -2.32. The zero-order valence-electron chi connectivity index (χ0n) is 12.8. The van der Waals surface area contributed by atoms with E-state index in [1.165, 1.54) is 11.1 Å².